The molecule has 0 bridgehead atoms. The van der Waals surface area contributed by atoms with Gasteiger partial charge in [-0.3, -0.25) is 9.59 Å². The highest BCUT2D eigenvalue weighted by Gasteiger charge is 2.27. The second-order valence-corrected chi connectivity index (χ2v) is 7.80. The number of anilines is 1. The van der Waals surface area contributed by atoms with Crippen LogP contribution in [0.3, 0.4) is 0 Å². The molecular weight excluding hydrogens is 374 g/mol. The van der Waals surface area contributed by atoms with Crippen molar-refractivity contribution in [3.05, 3.63) is 48.7 Å². The van der Waals surface area contributed by atoms with Crippen LogP contribution in [0.25, 0.3) is 0 Å². The number of hydrogen-bond acceptors (Lipinski definition) is 5. The van der Waals surface area contributed by atoms with Crippen molar-refractivity contribution in [2.24, 2.45) is 5.92 Å². The fraction of sp³-hybridized carbons (Fsp3) is 0.381. The number of amides is 2. The summed E-state index contributed by atoms with van der Waals surface area (Å²) in [5, 5.41) is 2.85. The number of rotatable bonds is 7. The number of hydrogen-bond donors (Lipinski definition) is 1. The Bertz CT molecular complexity index is 775. The lowest BCUT2D eigenvalue weighted by Crippen LogP contribution is -2.41. The molecule has 1 N–H and O–H groups in total. The summed E-state index contributed by atoms with van der Waals surface area (Å²) in [4.78, 5) is 31.9. The van der Waals surface area contributed by atoms with Crippen molar-refractivity contribution < 1.29 is 14.3 Å². The summed E-state index contributed by atoms with van der Waals surface area (Å²) in [5.41, 5.74) is 0. The Morgan fingerprint density at radius 3 is 2.57 bits per heavy atom. The Balaban J connectivity index is 1.37. The van der Waals surface area contributed by atoms with E-state index in [0.29, 0.717) is 38.2 Å². The van der Waals surface area contributed by atoms with Crippen molar-refractivity contribution in [2.75, 3.05) is 31.3 Å². The van der Waals surface area contributed by atoms with Crippen LogP contribution in [0.15, 0.2) is 53.6 Å². The number of ether oxygens (including phenoxy) is 1. The standard InChI is InChI=1S/C21H25N3O3S/c1-27-17-5-7-18(8-6-17)28-15-11-20(25)24-13-9-16(10-14-24)21(26)23-19-4-2-3-12-22-19/h2-8,12,16H,9-11,13-15H2,1H3,(H,22,23,26). The minimum Gasteiger partial charge on any atom is -0.497 e. The van der Waals surface area contributed by atoms with Crippen LogP contribution >= 0.6 is 11.8 Å². The minimum absolute atomic E-state index is 0.0131. The van der Waals surface area contributed by atoms with Gasteiger partial charge in [0, 0.05) is 42.3 Å². The van der Waals surface area contributed by atoms with Crippen LogP contribution in [-0.2, 0) is 9.59 Å². The van der Waals surface area contributed by atoms with Gasteiger partial charge in [0.15, 0.2) is 0 Å². The summed E-state index contributed by atoms with van der Waals surface area (Å²) in [5.74, 6) is 2.22. The van der Waals surface area contributed by atoms with Gasteiger partial charge < -0.3 is 15.0 Å². The Labute approximate surface area is 169 Å². The number of pyridine rings is 1. The van der Waals surface area contributed by atoms with Crippen molar-refractivity contribution in [2.45, 2.75) is 24.2 Å². The molecule has 2 amide bonds. The zero-order chi connectivity index (χ0) is 19.8. The summed E-state index contributed by atoms with van der Waals surface area (Å²) in [6, 6.07) is 13.3. The van der Waals surface area contributed by atoms with Gasteiger partial charge >= 0.3 is 0 Å². The molecule has 1 aromatic carbocycles. The lowest BCUT2D eigenvalue weighted by Gasteiger charge is -2.31. The highest BCUT2D eigenvalue weighted by atomic mass is 32.2. The summed E-state index contributed by atoms with van der Waals surface area (Å²) < 4.78 is 5.15. The van der Waals surface area contributed by atoms with Gasteiger partial charge in [0.05, 0.1) is 7.11 Å². The van der Waals surface area contributed by atoms with Crippen LogP contribution in [-0.4, -0.2) is 47.7 Å². The number of methoxy groups -OCH3 is 1. The number of nitrogens with one attached hydrogen (secondary N) is 1. The van der Waals surface area contributed by atoms with Gasteiger partial charge in [0.25, 0.3) is 0 Å². The molecule has 2 aromatic rings. The second kappa shape index (κ2) is 10.1. The summed E-state index contributed by atoms with van der Waals surface area (Å²) >= 11 is 1.66. The molecule has 1 aliphatic rings. The molecule has 0 spiro atoms. The largest absolute Gasteiger partial charge is 0.497 e. The third-order valence-corrected chi connectivity index (χ3v) is 5.79. The van der Waals surface area contributed by atoms with Crippen molar-refractivity contribution in [1.29, 1.82) is 0 Å². The first kappa shape index (κ1) is 20.2. The molecule has 3 rings (SSSR count). The van der Waals surface area contributed by atoms with E-state index in [0.717, 1.165) is 16.4 Å². The van der Waals surface area contributed by atoms with E-state index in [9.17, 15) is 9.59 Å². The van der Waals surface area contributed by atoms with Crippen LogP contribution < -0.4 is 10.1 Å². The molecule has 1 fully saturated rings. The highest BCUT2D eigenvalue weighted by molar-refractivity contribution is 7.99. The summed E-state index contributed by atoms with van der Waals surface area (Å²) in [6.45, 7) is 1.26. The topological polar surface area (TPSA) is 71.5 Å². The molecule has 0 aliphatic carbocycles. The van der Waals surface area contributed by atoms with Crippen molar-refractivity contribution in [3.8, 4) is 5.75 Å². The average Bonchev–Trinajstić information content (AvgIpc) is 2.75. The highest BCUT2D eigenvalue weighted by Crippen LogP contribution is 2.23. The van der Waals surface area contributed by atoms with Crippen molar-refractivity contribution in [3.63, 3.8) is 0 Å². The van der Waals surface area contributed by atoms with E-state index in [-0.39, 0.29) is 17.7 Å². The van der Waals surface area contributed by atoms with Gasteiger partial charge in [-0.2, -0.15) is 0 Å². The van der Waals surface area contributed by atoms with Gasteiger partial charge in [0.1, 0.15) is 11.6 Å². The fourth-order valence-electron chi connectivity index (χ4n) is 3.14. The summed E-state index contributed by atoms with van der Waals surface area (Å²) in [7, 11) is 1.65. The number of likely N-dealkylation sites (tertiary alicyclic amines) is 1. The Hall–Kier alpha value is -2.54. The molecule has 1 aromatic heterocycles. The smallest absolute Gasteiger partial charge is 0.228 e. The van der Waals surface area contributed by atoms with Crippen LogP contribution in [0.4, 0.5) is 5.82 Å². The number of carbonyl (C=O) groups is 2. The first-order valence-electron chi connectivity index (χ1n) is 9.42. The third-order valence-electron chi connectivity index (χ3n) is 4.78. The van der Waals surface area contributed by atoms with E-state index in [1.165, 1.54) is 0 Å². The molecule has 2 heterocycles. The number of thioether (sulfide) groups is 1. The Morgan fingerprint density at radius 1 is 1.18 bits per heavy atom. The molecule has 6 nitrogen and oxygen atoms in total. The van der Waals surface area contributed by atoms with Crippen LogP contribution in [0.2, 0.25) is 0 Å². The normalized spacial score (nSPS) is 14.5. The molecule has 7 heteroatoms. The number of piperidine rings is 1. The van der Waals surface area contributed by atoms with E-state index in [1.54, 1.807) is 31.1 Å². The number of aromatic nitrogens is 1. The van der Waals surface area contributed by atoms with Crippen molar-refractivity contribution in [1.82, 2.24) is 9.88 Å². The molecule has 1 saturated heterocycles. The van der Waals surface area contributed by atoms with Gasteiger partial charge in [0.2, 0.25) is 11.8 Å². The van der Waals surface area contributed by atoms with Crippen LogP contribution in [0.5, 0.6) is 5.75 Å². The van der Waals surface area contributed by atoms with E-state index < -0.39 is 0 Å². The van der Waals surface area contributed by atoms with Crippen molar-refractivity contribution >= 4 is 29.4 Å². The first-order chi connectivity index (χ1) is 13.7. The minimum atomic E-state index is -0.0697. The van der Waals surface area contributed by atoms with Gasteiger partial charge in [-0.15, -0.1) is 11.8 Å². The Morgan fingerprint density at radius 2 is 1.93 bits per heavy atom. The Kier molecular flexibility index (Phi) is 7.31. The lowest BCUT2D eigenvalue weighted by atomic mass is 9.95. The predicted octanol–water partition coefficient (Wildman–Crippen LogP) is 3.45. The molecule has 0 atom stereocenters. The third kappa shape index (κ3) is 5.73. The van der Waals surface area contributed by atoms with E-state index in [1.807, 2.05) is 41.3 Å². The van der Waals surface area contributed by atoms with Crippen LogP contribution in [0.1, 0.15) is 19.3 Å². The predicted molar refractivity (Wildman–Crippen MR) is 111 cm³/mol. The fourth-order valence-corrected chi connectivity index (χ4v) is 3.98. The summed E-state index contributed by atoms with van der Waals surface area (Å²) in [6.07, 6.45) is 3.54. The zero-order valence-corrected chi connectivity index (χ0v) is 16.8. The monoisotopic (exact) mass is 399 g/mol. The van der Waals surface area contributed by atoms with Gasteiger partial charge in [-0.25, -0.2) is 4.98 Å². The average molecular weight is 400 g/mol. The maximum atomic E-state index is 12.4. The zero-order valence-electron chi connectivity index (χ0n) is 16.0. The van der Waals surface area contributed by atoms with E-state index >= 15 is 0 Å². The first-order valence-corrected chi connectivity index (χ1v) is 10.4. The van der Waals surface area contributed by atoms with Crippen LogP contribution in [0, 0.1) is 5.92 Å². The molecule has 28 heavy (non-hydrogen) atoms. The molecular formula is C21H25N3O3S. The number of benzene rings is 1. The van der Waals surface area contributed by atoms with E-state index in [4.69, 9.17) is 4.74 Å². The molecule has 0 radical (unpaired) electrons. The number of carbonyl (C=O) groups excluding carboxylic acids is 2. The van der Waals surface area contributed by atoms with Gasteiger partial charge in [-0.05, 0) is 49.2 Å². The molecule has 0 unspecified atom stereocenters. The quantitative estimate of drug-likeness (QED) is 0.722. The second-order valence-electron chi connectivity index (χ2n) is 6.63. The molecule has 0 saturated carbocycles. The molecule has 1 aliphatic heterocycles. The SMILES string of the molecule is COc1ccc(SCCC(=O)N2CCC(C(=O)Nc3ccccn3)CC2)cc1. The van der Waals surface area contributed by atoms with E-state index in [2.05, 4.69) is 10.3 Å². The maximum Gasteiger partial charge on any atom is 0.228 e. The molecule has 148 valence electrons. The lowest BCUT2D eigenvalue weighted by molar-refractivity contribution is -0.134. The van der Waals surface area contributed by atoms with Gasteiger partial charge in [-0.1, -0.05) is 6.07 Å². The maximum absolute atomic E-state index is 12.4. The number of nitrogens with zero attached hydrogens (tertiary/aromatic N) is 2.